The molecule has 0 bridgehead atoms. The van der Waals surface area contributed by atoms with Crippen LogP contribution in [0.3, 0.4) is 0 Å². The van der Waals surface area contributed by atoms with Crippen LogP contribution in [0.4, 0.5) is 5.69 Å². The van der Waals surface area contributed by atoms with E-state index in [1.165, 1.54) is 4.90 Å². The van der Waals surface area contributed by atoms with E-state index in [-0.39, 0.29) is 29.8 Å². The van der Waals surface area contributed by atoms with E-state index in [1.54, 1.807) is 41.7 Å². The SMILES string of the molecule is CCN(C(=O)CCC(=O)NCc1ccncc1)c1cn(-c2cccnc2)nc1Cl. The number of nitrogens with zero attached hydrogens (tertiary/aromatic N) is 5. The summed E-state index contributed by atoms with van der Waals surface area (Å²) in [6.45, 7) is 2.66. The van der Waals surface area contributed by atoms with Gasteiger partial charge >= 0.3 is 0 Å². The fraction of sp³-hybridized carbons (Fsp3) is 0.250. The average Bonchev–Trinajstić information content (AvgIpc) is 3.14. The van der Waals surface area contributed by atoms with Gasteiger partial charge < -0.3 is 10.2 Å². The summed E-state index contributed by atoms with van der Waals surface area (Å²) in [5.74, 6) is -0.387. The molecule has 0 atom stereocenters. The Balaban J connectivity index is 1.59. The van der Waals surface area contributed by atoms with Crippen molar-refractivity contribution in [2.45, 2.75) is 26.3 Å². The largest absolute Gasteiger partial charge is 0.352 e. The monoisotopic (exact) mass is 412 g/mol. The molecule has 2 amide bonds. The number of carbonyl (C=O) groups is 2. The molecular weight excluding hydrogens is 392 g/mol. The van der Waals surface area contributed by atoms with E-state index in [0.29, 0.717) is 18.8 Å². The normalized spacial score (nSPS) is 10.6. The van der Waals surface area contributed by atoms with Crippen LogP contribution in [0.5, 0.6) is 0 Å². The van der Waals surface area contributed by atoms with E-state index in [0.717, 1.165) is 11.3 Å². The number of rotatable bonds is 8. The van der Waals surface area contributed by atoms with Gasteiger partial charge in [-0.05, 0) is 36.8 Å². The number of pyridine rings is 2. The average molecular weight is 413 g/mol. The zero-order valence-electron chi connectivity index (χ0n) is 16.0. The summed E-state index contributed by atoms with van der Waals surface area (Å²) in [6.07, 6.45) is 8.50. The molecule has 0 saturated heterocycles. The van der Waals surface area contributed by atoms with Crippen molar-refractivity contribution in [2.75, 3.05) is 11.4 Å². The molecule has 1 N–H and O–H groups in total. The van der Waals surface area contributed by atoms with Gasteiger partial charge in [0.15, 0.2) is 5.15 Å². The van der Waals surface area contributed by atoms with Crippen molar-refractivity contribution in [1.82, 2.24) is 25.1 Å². The maximum atomic E-state index is 12.7. The summed E-state index contributed by atoms with van der Waals surface area (Å²) < 4.78 is 1.57. The molecule has 8 nitrogen and oxygen atoms in total. The molecule has 0 radical (unpaired) electrons. The molecule has 3 rings (SSSR count). The quantitative estimate of drug-likeness (QED) is 0.614. The lowest BCUT2D eigenvalue weighted by atomic mass is 10.2. The lowest BCUT2D eigenvalue weighted by Gasteiger charge is -2.19. The first kappa shape index (κ1) is 20.5. The van der Waals surface area contributed by atoms with Gasteiger partial charge in [0.25, 0.3) is 0 Å². The van der Waals surface area contributed by atoms with Crippen LogP contribution in [0.25, 0.3) is 5.69 Å². The summed E-state index contributed by atoms with van der Waals surface area (Å²) in [5.41, 5.74) is 2.18. The Kier molecular flexibility index (Phi) is 6.91. The number of halogens is 1. The van der Waals surface area contributed by atoms with Gasteiger partial charge in [0.05, 0.1) is 18.1 Å². The molecule has 3 aromatic rings. The first-order valence-corrected chi connectivity index (χ1v) is 9.57. The van der Waals surface area contributed by atoms with Crippen LogP contribution in [-0.4, -0.2) is 38.1 Å². The summed E-state index contributed by atoms with van der Waals surface area (Å²) in [6, 6.07) is 7.28. The minimum atomic E-state index is -0.195. The topological polar surface area (TPSA) is 93.0 Å². The number of carbonyl (C=O) groups excluding carboxylic acids is 2. The maximum Gasteiger partial charge on any atom is 0.227 e. The minimum Gasteiger partial charge on any atom is -0.352 e. The van der Waals surface area contributed by atoms with Gasteiger partial charge in [-0.1, -0.05) is 11.6 Å². The Labute approximate surface area is 173 Å². The zero-order chi connectivity index (χ0) is 20.6. The summed E-state index contributed by atoms with van der Waals surface area (Å²) >= 11 is 6.26. The molecule has 0 aliphatic carbocycles. The predicted molar refractivity (Wildman–Crippen MR) is 110 cm³/mol. The molecule has 0 saturated carbocycles. The number of aromatic nitrogens is 4. The van der Waals surface area contributed by atoms with Crippen molar-refractivity contribution < 1.29 is 9.59 Å². The highest BCUT2D eigenvalue weighted by molar-refractivity contribution is 6.32. The smallest absolute Gasteiger partial charge is 0.227 e. The third-order valence-corrected chi connectivity index (χ3v) is 4.54. The van der Waals surface area contributed by atoms with Gasteiger partial charge in [-0.25, -0.2) is 4.68 Å². The van der Waals surface area contributed by atoms with Crippen LogP contribution in [0, 0.1) is 0 Å². The molecule has 0 aromatic carbocycles. The Hall–Kier alpha value is -3.26. The molecule has 0 aliphatic rings. The Bertz CT molecular complexity index is 962. The maximum absolute atomic E-state index is 12.7. The van der Waals surface area contributed by atoms with Gasteiger partial charge in [0.2, 0.25) is 11.8 Å². The summed E-state index contributed by atoms with van der Waals surface area (Å²) in [5, 5.41) is 7.27. The van der Waals surface area contributed by atoms with Gasteiger partial charge in [-0.3, -0.25) is 19.6 Å². The van der Waals surface area contributed by atoms with Crippen LogP contribution in [0.2, 0.25) is 5.15 Å². The lowest BCUT2D eigenvalue weighted by molar-refractivity contribution is -0.125. The molecule has 0 fully saturated rings. The lowest BCUT2D eigenvalue weighted by Crippen LogP contribution is -2.32. The predicted octanol–water partition coefficient (Wildman–Crippen LogP) is 2.77. The van der Waals surface area contributed by atoms with Crippen molar-refractivity contribution in [3.8, 4) is 5.69 Å². The Morgan fingerprint density at radius 1 is 1.14 bits per heavy atom. The van der Waals surface area contributed by atoms with Gasteiger partial charge in [-0.15, -0.1) is 0 Å². The van der Waals surface area contributed by atoms with Crippen LogP contribution in [-0.2, 0) is 16.1 Å². The van der Waals surface area contributed by atoms with Crippen LogP contribution < -0.4 is 10.2 Å². The third-order valence-electron chi connectivity index (χ3n) is 4.27. The molecule has 29 heavy (non-hydrogen) atoms. The highest BCUT2D eigenvalue weighted by Crippen LogP contribution is 2.26. The first-order valence-electron chi connectivity index (χ1n) is 9.20. The van der Waals surface area contributed by atoms with E-state index in [9.17, 15) is 9.59 Å². The minimum absolute atomic E-state index is 0.0738. The van der Waals surface area contributed by atoms with Crippen LogP contribution in [0.1, 0.15) is 25.3 Å². The molecular formula is C20H21ClN6O2. The second kappa shape index (κ2) is 9.79. The Morgan fingerprint density at radius 3 is 2.62 bits per heavy atom. The Morgan fingerprint density at radius 2 is 1.93 bits per heavy atom. The van der Waals surface area contributed by atoms with Gasteiger partial charge in [-0.2, -0.15) is 5.10 Å². The van der Waals surface area contributed by atoms with E-state index >= 15 is 0 Å². The van der Waals surface area contributed by atoms with Crippen molar-refractivity contribution >= 4 is 29.1 Å². The zero-order valence-corrected chi connectivity index (χ0v) is 16.7. The number of anilines is 1. The second-order valence-electron chi connectivity index (χ2n) is 6.23. The molecule has 3 heterocycles. The van der Waals surface area contributed by atoms with Gasteiger partial charge in [0, 0.05) is 44.5 Å². The molecule has 0 unspecified atom stereocenters. The van der Waals surface area contributed by atoms with Crippen molar-refractivity contribution in [2.24, 2.45) is 0 Å². The van der Waals surface area contributed by atoms with Crippen LogP contribution >= 0.6 is 11.6 Å². The van der Waals surface area contributed by atoms with Crippen molar-refractivity contribution in [1.29, 1.82) is 0 Å². The number of hydrogen-bond acceptors (Lipinski definition) is 5. The number of amides is 2. The fourth-order valence-electron chi connectivity index (χ4n) is 2.77. The number of nitrogens with one attached hydrogen (secondary N) is 1. The molecule has 9 heteroatoms. The fourth-order valence-corrected chi connectivity index (χ4v) is 3.00. The second-order valence-corrected chi connectivity index (χ2v) is 6.59. The first-order chi connectivity index (χ1) is 14.1. The summed E-state index contributed by atoms with van der Waals surface area (Å²) in [4.78, 5) is 34.3. The standard InChI is InChI=1S/C20H21ClN6O2/c1-2-26(17-14-27(25-20(17)21)16-4-3-9-23-13-16)19(29)6-5-18(28)24-12-15-7-10-22-11-8-15/h3-4,7-11,13-14H,2,5-6,12H2,1H3,(H,24,28). The number of hydrogen-bond donors (Lipinski definition) is 1. The van der Waals surface area contributed by atoms with E-state index in [2.05, 4.69) is 20.4 Å². The third kappa shape index (κ3) is 5.39. The highest BCUT2D eigenvalue weighted by atomic mass is 35.5. The molecule has 150 valence electrons. The molecule has 3 aromatic heterocycles. The molecule has 0 spiro atoms. The highest BCUT2D eigenvalue weighted by Gasteiger charge is 2.21. The van der Waals surface area contributed by atoms with E-state index < -0.39 is 0 Å². The van der Waals surface area contributed by atoms with E-state index in [4.69, 9.17) is 11.6 Å². The van der Waals surface area contributed by atoms with E-state index in [1.807, 2.05) is 25.1 Å². The van der Waals surface area contributed by atoms with Crippen molar-refractivity contribution in [3.05, 3.63) is 66.0 Å². The van der Waals surface area contributed by atoms with Gasteiger partial charge in [0.1, 0.15) is 5.69 Å². The molecule has 0 aliphatic heterocycles. The van der Waals surface area contributed by atoms with Crippen molar-refractivity contribution in [3.63, 3.8) is 0 Å². The summed E-state index contributed by atoms with van der Waals surface area (Å²) in [7, 11) is 0. The van der Waals surface area contributed by atoms with Crippen LogP contribution in [0.15, 0.2) is 55.2 Å².